The highest BCUT2D eigenvalue weighted by molar-refractivity contribution is 6.31. The van der Waals surface area contributed by atoms with Crippen LogP contribution in [0.4, 0.5) is 4.39 Å². The van der Waals surface area contributed by atoms with Crippen LogP contribution in [0.5, 0.6) is 5.75 Å². The van der Waals surface area contributed by atoms with Gasteiger partial charge in [0.05, 0.1) is 11.8 Å². The molecule has 0 saturated carbocycles. The third-order valence-electron chi connectivity index (χ3n) is 6.41. The number of aryl methyl sites for hydroxylation is 1. The first kappa shape index (κ1) is 24.3. The van der Waals surface area contributed by atoms with E-state index < -0.39 is 11.7 Å². The molecule has 0 spiro atoms. The van der Waals surface area contributed by atoms with Gasteiger partial charge in [-0.05, 0) is 37.1 Å². The van der Waals surface area contributed by atoms with Gasteiger partial charge in [-0.1, -0.05) is 29.8 Å². The van der Waals surface area contributed by atoms with E-state index in [4.69, 9.17) is 21.1 Å². The van der Waals surface area contributed by atoms with Crippen molar-refractivity contribution < 1.29 is 23.5 Å². The molecule has 1 saturated heterocycles. The second-order valence-electron chi connectivity index (χ2n) is 8.92. The van der Waals surface area contributed by atoms with Crippen molar-refractivity contribution in [2.75, 3.05) is 19.7 Å². The van der Waals surface area contributed by atoms with Gasteiger partial charge in [0.2, 0.25) is 5.91 Å². The first-order valence-corrected chi connectivity index (χ1v) is 12.2. The maximum atomic E-state index is 14.5. The van der Waals surface area contributed by atoms with Gasteiger partial charge in [0.1, 0.15) is 24.7 Å². The van der Waals surface area contributed by atoms with Crippen LogP contribution in [0.1, 0.15) is 34.5 Å². The second kappa shape index (κ2) is 10.3. The van der Waals surface area contributed by atoms with Crippen molar-refractivity contribution >= 4 is 23.4 Å². The van der Waals surface area contributed by atoms with Crippen LogP contribution < -0.4 is 10.1 Å². The highest BCUT2D eigenvalue weighted by atomic mass is 35.5. The van der Waals surface area contributed by atoms with Crippen LogP contribution in [0.2, 0.25) is 5.02 Å². The maximum Gasteiger partial charge on any atom is 0.275 e. The Bertz CT molecular complexity index is 1310. The summed E-state index contributed by atoms with van der Waals surface area (Å²) in [6.45, 7) is 0.837. The quantitative estimate of drug-likeness (QED) is 0.521. The van der Waals surface area contributed by atoms with Gasteiger partial charge < -0.3 is 19.7 Å². The SMILES string of the molecule is Cn1nc(C(=O)N(CC(=O)NCC2CCCO2)Cc2ccccc2F)c2c1-c1cc(Cl)ccc1OC2. The number of amides is 2. The number of fused-ring (bicyclic) bond motifs is 3. The maximum absolute atomic E-state index is 14.5. The normalized spacial score (nSPS) is 16.1. The van der Waals surface area contributed by atoms with Crippen molar-refractivity contribution in [2.45, 2.75) is 32.1 Å². The van der Waals surface area contributed by atoms with Crippen LogP contribution in [0.25, 0.3) is 11.3 Å². The molecule has 36 heavy (non-hydrogen) atoms. The Balaban J connectivity index is 1.43. The zero-order chi connectivity index (χ0) is 25.2. The molecule has 1 unspecified atom stereocenters. The Kier molecular flexibility index (Phi) is 6.93. The van der Waals surface area contributed by atoms with Crippen molar-refractivity contribution in [3.8, 4) is 17.0 Å². The third-order valence-corrected chi connectivity index (χ3v) is 6.64. The Morgan fingerprint density at radius 3 is 2.89 bits per heavy atom. The van der Waals surface area contributed by atoms with E-state index in [2.05, 4.69) is 10.4 Å². The second-order valence-corrected chi connectivity index (χ2v) is 9.36. The number of benzene rings is 2. The minimum Gasteiger partial charge on any atom is -0.488 e. The summed E-state index contributed by atoms with van der Waals surface area (Å²) in [4.78, 5) is 27.9. The Labute approximate surface area is 212 Å². The monoisotopic (exact) mass is 512 g/mol. The third kappa shape index (κ3) is 4.94. The molecule has 10 heteroatoms. The molecule has 1 N–H and O–H groups in total. The molecule has 0 radical (unpaired) electrons. The number of nitrogens with zero attached hydrogens (tertiary/aromatic N) is 3. The van der Waals surface area contributed by atoms with Crippen LogP contribution in [0.15, 0.2) is 42.5 Å². The average Bonchev–Trinajstić information content (AvgIpc) is 3.51. The summed E-state index contributed by atoms with van der Waals surface area (Å²) in [5.41, 5.74) is 2.50. The minimum absolute atomic E-state index is 0.0310. The van der Waals surface area contributed by atoms with Crippen LogP contribution >= 0.6 is 11.6 Å². The van der Waals surface area contributed by atoms with Crippen LogP contribution in [-0.4, -0.2) is 52.3 Å². The lowest BCUT2D eigenvalue weighted by atomic mass is 10.0. The van der Waals surface area contributed by atoms with Gasteiger partial charge in [0.25, 0.3) is 5.91 Å². The standard InChI is InChI=1S/C26H26ClFN4O4/c1-31-25-19-11-17(27)8-9-22(19)36-15-20(25)24(30-31)26(34)32(13-16-5-2-3-7-21(16)28)14-23(33)29-12-18-6-4-10-35-18/h2-3,5,7-9,11,18H,4,6,10,12-15H2,1H3,(H,29,33). The number of aromatic nitrogens is 2. The number of rotatable bonds is 7. The predicted molar refractivity (Wildman–Crippen MR) is 131 cm³/mol. The van der Waals surface area contributed by atoms with Gasteiger partial charge in [0.15, 0.2) is 5.69 Å². The summed E-state index contributed by atoms with van der Waals surface area (Å²) >= 11 is 6.21. The number of nitrogens with one attached hydrogen (secondary N) is 1. The number of carbonyl (C=O) groups excluding carboxylic acids is 2. The summed E-state index contributed by atoms with van der Waals surface area (Å²) < 4.78 is 27.5. The molecule has 2 aliphatic heterocycles. The lowest BCUT2D eigenvalue weighted by Crippen LogP contribution is -2.43. The molecular formula is C26H26ClFN4O4. The van der Waals surface area contributed by atoms with Gasteiger partial charge in [-0.25, -0.2) is 4.39 Å². The Hall–Kier alpha value is -3.43. The molecule has 3 aromatic rings. The fraction of sp³-hybridized carbons (Fsp3) is 0.346. The summed E-state index contributed by atoms with van der Waals surface area (Å²) in [7, 11) is 1.74. The van der Waals surface area contributed by atoms with Crippen molar-refractivity contribution in [1.82, 2.24) is 20.0 Å². The highest BCUT2D eigenvalue weighted by Crippen LogP contribution is 2.40. The summed E-state index contributed by atoms with van der Waals surface area (Å²) in [5, 5.41) is 7.84. The van der Waals surface area contributed by atoms with Gasteiger partial charge >= 0.3 is 0 Å². The zero-order valence-corrected chi connectivity index (χ0v) is 20.6. The Morgan fingerprint density at radius 1 is 1.28 bits per heavy atom. The summed E-state index contributed by atoms with van der Waals surface area (Å²) in [6.07, 6.45) is 1.81. The molecule has 8 nitrogen and oxygen atoms in total. The van der Waals surface area contributed by atoms with Crippen molar-refractivity contribution in [2.24, 2.45) is 7.05 Å². The van der Waals surface area contributed by atoms with Gasteiger partial charge in [-0.15, -0.1) is 0 Å². The summed E-state index contributed by atoms with van der Waals surface area (Å²) in [5.74, 6) is -0.652. The molecular weight excluding hydrogens is 487 g/mol. The molecule has 2 aromatic carbocycles. The number of ether oxygens (including phenoxy) is 2. The molecule has 0 bridgehead atoms. The van der Waals surface area contributed by atoms with E-state index in [9.17, 15) is 14.0 Å². The summed E-state index contributed by atoms with van der Waals surface area (Å²) in [6, 6.07) is 11.5. The lowest BCUT2D eigenvalue weighted by Gasteiger charge is -2.23. The molecule has 1 fully saturated rings. The van der Waals surface area contributed by atoms with E-state index in [1.165, 1.54) is 11.0 Å². The topological polar surface area (TPSA) is 85.7 Å². The molecule has 1 aromatic heterocycles. The highest BCUT2D eigenvalue weighted by Gasteiger charge is 2.32. The fourth-order valence-corrected chi connectivity index (χ4v) is 4.79. The predicted octanol–water partition coefficient (Wildman–Crippen LogP) is 3.71. The largest absolute Gasteiger partial charge is 0.488 e. The first-order chi connectivity index (χ1) is 17.4. The molecule has 2 aliphatic rings. The average molecular weight is 513 g/mol. The number of hydrogen-bond acceptors (Lipinski definition) is 5. The zero-order valence-electron chi connectivity index (χ0n) is 19.8. The smallest absolute Gasteiger partial charge is 0.275 e. The molecule has 5 rings (SSSR count). The number of carbonyl (C=O) groups is 2. The van der Waals surface area contributed by atoms with Crippen LogP contribution in [0, 0.1) is 5.82 Å². The van der Waals surface area contributed by atoms with E-state index in [-0.39, 0.29) is 37.4 Å². The van der Waals surface area contributed by atoms with Gasteiger partial charge in [-0.2, -0.15) is 5.10 Å². The van der Waals surface area contributed by atoms with E-state index in [0.717, 1.165) is 24.1 Å². The van der Waals surface area contributed by atoms with E-state index in [0.29, 0.717) is 35.1 Å². The number of halogens is 2. The van der Waals surface area contributed by atoms with Crippen LogP contribution in [0.3, 0.4) is 0 Å². The molecule has 0 aliphatic carbocycles. The molecule has 2 amide bonds. The number of hydrogen-bond donors (Lipinski definition) is 1. The van der Waals surface area contributed by atoms with Gasteiger partial charge in [0, 0.05) is 48.5 Å². The first-order valence-electron chi connectivity index (χ1n) is 11.8. The van der Waals surface area contributed by atoms with E-state index >= 15 is 0 Å². The molecule has 188 valence electrons. The molecule has 1 atom stereocenters. The minimum atomic E-state index is -0.489. The van der Waals surface area contributed by atoms with Crippen molar-refractivity contribution in [1.29, 1.82) is 0 Å². The van der Waals surface area contributed by atoms with Crippen molar-refractivity contribution in [3.63, 3.8) is 0 Å². The fourth-order valence-electron chi connectivity index (χ4n) is 4.62. The van der Waals surface area contributed by atoms with E-state index in [1.54, 1.807) is 48.1 Å². The van der Waals surface area contributed by atoms with Crippen molar-refractivity contribution in [3.05, 3.63) is 70.1 Å². The lowest BCUT2D eigenvalue weighted by molar-refractivity contribution is -0.122. The van der Waals surface area contributed by atoms with Crippen LogP contribution in [-0.2, 0) is 29.7 Å². The van der Waals surface area contributed by atoms with E-state index in [1.807, 2.05) is 0 Å². The van der Waals surface area contributed by atoms with Gasteiger partial charge in [-0.3, -0.25) is 14.3 Å². The molecule has 3 heterocycles. The Morgan fingerprint density at radius 2 is 2.11 bits per heavy atom.